The second-order valence-electron chi connectivity index (χ2n) is 9.99. The maximum absolute atomic E-state index is 10.1. The molecule has 5 nitrogen and oxygen atoms in total. The highest BCUT2D eigenvalue weighted by atomic mass is 16.5. The Hall–Kier alpha value is -3.06. The molecule has 1 saturated heterocycles. The summed E-state index contributed by atoms with van der Waals surface area (Å²) in [6.07, 6.45) is -0.0174. The van der Waals surface area contributed by atoms with E-state index in [1.54, 1.807) is 0 Å². The molecule has 1 aliphatic rings. The van der Waals surface area contributed by atoms with E-state index in [2.05, 4.69) is 84.2 Å². The van der Waals surface area contributed by atoms with Crippen LogP contribution in [0.15, 0.2) is 97.1 Å². The zero-order chi connectivity index (χ0) is 26.0. The average Bonchev–Trinajstić information content (AvgIpc) is 2.98. The summed E-state index contributed by atoms with van der Waals surface area (Å²) < 4.78 is 18.0. The monoisotopic (exact) mass is 511 g/mol. The lowest BCUT2D eigenvalue weighted by Gasteiger charge is -2.38. The van der Waals surface area contributed by atoms with Crippen LogP contribution >= 0.6 is 0 Å². The van der Waals surface area contributed by atoms with E-state index in [0.29, 0.717) is 33.0 Å². The van der Waals surface area contributed by atoms with Crippen molar-refractivity contribution in [3.05, 3.63) is 119 Å². The molecule has 0 aromatic heterocycles. The summed E-state index contributed by atoms with van der Waals surface area (Å²) in [6, 6.07) is 33.6. The minimum Gasteiger partial charge on any atom is -0.396 e. The van der Waals surface area contributed by atoms with Gasteiger partial charge < -0.3 is 24.6 Å². The molecule has 5 rings (SSSR count). The first kappa shape index (κ1) is 26.5. The molecule has 4 aromatic rings. The van der Waals surface area contributed by atoms with Gasteiger partial charge in [-0.1, -0.05) is 91.0 Å². The van der Waals surface area contributed by atoms with Crippen LogP contribution in [0, 0.1) is 5.92 Å². The normalized spacial score (nSPS) is 19.6. The molecule has 3 unspecified atom stereocenters. The van der Waals surface area contributed by atoms with Crippen LogP contribution in [0.4, 0.5) is 0 Å². The van der Waals surface area contributed by atoms with Crippen molar-refractivity contribution >= 4 is 10.8 Å². The highest BCUT2D eigenvalue weighted by Crippen LogP contribution is 2.33. The number of aliphatic hydroxyl groups is 1. The fourth-order valence-electron chi connectivity index (χ4n) is 5.24. The number of nitrogens with one attached hydrogen (secondary N) is 1. The number of rotatable bonds is 12. The third kappa shape index (κ3) is 7.07. The zero-order valence-corrected chi connectivity index (χ0v) is 21.8. The van der Waals surface area contributed by atoms with Crippen molar-refractivity contribution in [1.82, 2.24) is 5.32 Å². The van der Waals surface area contributed by atoms with Gasteiger partial charge in [0.1, 0.15) is 0 Å². The van der Waals surface area contributed by atoms with Crippen molar-refractivity contribution in [1.29, 1.82) is 0 Å². The van der Waals surface area contributed by atoms with Crippen molar-refractivity contribution in [3.8, 4) is 0 Å². The SMILES string of the molecule is OCC1CNCC(OCc2ccc3ccccc3c2)C1c1ccc(COCCOCc2ccccc2)cc1. The summed E-state index contributed by atoms with van der Waals surface area (Å²) in [6.45, 7) is 4.49. The Labute approximate surface area is 225 Å². The predicted molar refractivity (Wildman–Crippen MR) is 151 cm³/mol. The van der Waals surface area contributed by atoms with E-state index in [-0.39, 0.29) is 24.5 Å². The highest BCUT2D eigenvalue weighted by molar-refractivity contribution is 5.82. The number of aliphatic hydroxyl groups excluding tert-OH is 1. The molecule has 1 fully saturated rings. The number of ether oxygens (including phenoxy) is 3. The molecule has 0 amide bonds. The number of benzene rings is 4. The van der Waals surface area contributed by atoms with E-state index >= 15 is 0 Å². The summed E-state index contributed by atoms with van der Waals surface area (Å²) >= 11 is 0. The topological polar surface area (TPSA) is 60.0 Å². The molecular weight excluding hydrogens is 474 g/mol. The molecule has 5 heteroatoms. The van der Waals surface area contributed by atoms with E-state index in [1.165, 1.54) is 21.9 Å². The lowest BCUT2D eigenvalue weighted by Crippen LogP contribution is -2.47. The molecule has 0 spiro atoms. The summed E-state index contributed by atoms with van der Waals surface area (Å²) in [7, 11) is 0. The molecule has 198 valence electrons. The second-order valence-corrected chi connectivity index (χ2v) is 9.99. The number of hydrogen-bond donors (Lipinski definition) is 2. The largest absolute Gasteiger partial charge is 0.396 e. The van der Waals surface area contributed by atoms with Gasteiger partial charge in [-0.05, 0) is 39.1 Å². The van der Waals surface area contributed by atoms with E-state index in [0.717, 1.165) is 24.2 Å². The molecule has 38 heavy (non-hydrogen) atoms. The van der Waals surface area contributed by atoms with Gasteiger partial charge in [-0.2, -0.15) is 0 Å². The molecule has 0 aliphatic carbocycles. The van der Waals surface area contributed by atoms with Crippen LogP contribution in [0.25, 0.3) is 10.8 Å². The Morgan fingerprint density at radius 2 is 1.32 bits per heavy atom. The van der Waals surface area contributed by atoms with Gasteiger partial charge in [0.15, 0.2) is 0 Å². The molecule has 4 aromatic carbocycles. The Kier molecular flexibility index (Phi) is 9.54. The highest BCUT2D eigenvalue weighted by Gasteiger charge is 2.34. The van der Waals surface area contributed by atoms with Gasteiger partial charge in [0.25, 0.3) is 0 Å². The molecular formula is C33H37NO4. The predicted octanol–water partition coefficient (Wildman–Crippen LogP) is 5.45. The number of fused-ring (bicyclic) bond motifs is 1. The van der Waals surface area contributed by atoms with Crippen LogP contribution < -0.4 is 5.32 Å². The van der Waals surface area contributed by atoms with E-state index in [1.807, 2.05) is 18.2 Å². The molecule has 0 radical (unpaired) electrons. The van der Waals surface area contributed by atoms with Gasteiger partial charge in [0, 0.05) is 31.5 Å². The molecule has 1 heterocycles. The van der Waals surface area contributed by atoms with Crippen molar-refractivity contribution in [2.75, 3.05) is 32.9 Å². The molecule has 1 aliphatic heterocycles. The van der Waals surface area contributed by atoms with Gasteiger partial charge in [0.05, 0.1) is 39.1 Å². The minimum absolute atomic E-state index is 0.0174. The van der Waals surface area contributed by atoms with Crippen LogP contribution in [-0.4, -0.2) is 44.1 Å². The second kappa shape index (κ2) is 13.7. The maximum atomic E-state index is 10.1. The standard InChI is InChI=1S/C33H37NO4/c35-21-31-19-34-20-32(38-24-27-12-13-28-8-4-5-9-30(28)18-27)33(31)29-14-10-26(11-15-29)23-37-17-16-36-22-25-6-2-1-3-7-25/h1-15,18,31-35H,16-17,19-24H2. The van der Waals surface area contributed by atoms with E-state index in [9.17, 15) is 5.11 Å². The van der Waals surface area contributed by atoms with Gasteiger partial charge in [0.2, 0.25) is 0 Å². The number of piperidine rings is 1. The molecule has 2 N–H and O–H groups in total. The maximum Gasteiger partial charge on any atom is 0.0776 e. The first-order chi connectivity index (χ1) is 18.8. The van der Waals surface area contributed by atoms with Crippen molar-refractivity contribution < 1.29 is 19.3 Å². The van der Waals surface area contributed by atoms with Gasteiger partial charge in [-0.3, -0.25) is 0 Å². The third-order valence-corrected chi connectivity index (χ3v) is 7.29. The summed E-state index contributed by atoms with van der Waals surface area (Å²) in [4.78, 5) is 0. The Morgan fingerprint density at radius 1 is 0.658 bits per heavy atom. The van der Waals surface area contributed by atoms with Crippen molar-refractivity contribution in [2.24, 2.45) is 5.92 Å². The first-order valence-corrected chi connectivity index (χ1v) is 13.5. The lowest BCUT2D eigenvalue weighted by molar-refractivity contribution is -0.0151. The van der Waals surface area contributed by atoms with Crippen molar-refractivity contribution in [2.45, 2.75) is 31.8 Å². The third-order valence-electron chi connectivity index (χ3n) is 7.29. The zero-order valence-electron chi connectivity index (χ0n) is 21.8. The van der Waals surface area contributed by atoms with Gasteiger partial charge in [-0.15, -0.1) is 0 Å². The number of hydrogen-bond acceptors (Lipinski definition) is 5. The Bertz CT molecular complexity index is 1260. The summed E-state index contributed by atoms with van der Waals surface area (Å²) in [5, 5.41) is 16.0. The van der Waals surface area contributed by atoms with Gasteiger partial charge in [-0.25, -0.2) is 0 Å². The Balaban J connectivity index is 1.14. The van der Waals surface area contributed by atoms with E-state index in [4.69, 9.17) is 14.2 Å². The minimum atomic E-state index is -0.0174. The first-order valence-electron chi connectivity index (χ1n) is 13.5. The van der Waals surface area contributed by atoms with Crippen LogP contribution in [0.5, 0.6) is 0 Å². The molecule has 0 saturated carbocycles. The van der Waals surface area contributed by atoms with Crippen LogP contribution in [-0.2, 0) is 34.0 Å². The van der Waals surface area contributed by atoms with Crippen LogP contribution in [0.1, 0.15) is 28.2 Å². The molecule has 0 bridgehead atoms. The molecule has 3 atom stereocenters. The quantitative estimate of drug-likeness (QED) is 0.248. The summed E-state index contributed by atoms with van der Waals surface area (Å²) in [5.74, 6) is 0.234. The van der Waals surface area contributed by atoms with E-state index < -0.39 is 0 Å². The fourth-order valence-corrected chi connectivity index (χ4v) is 5.24. The Morgan fingerprint density at radius 3 is 2.05 bits per heavy atom. The lowest BCUT2D eigenvalue weighted by atomic mass is 9.79. The summed E-state index contributed by atoms with van der Waals surface area (Å²) in [5.41, 5.74) is 4.65. The fraction of sp³-hybridized carbons (Fsp3) is 0.333. The smallest absolute Gasteiger partial charge is 0.0776 e. The van der Waals surface area contributed by atoms with Crippen LogP contribution in [0.3, 0.4) is 0 Å². The van der Waals surface area contributed by atoms with Gasteiger partial charge >= 0.3 is 0 Å². The average molecular weight is 512 g/mol. The van der Waals surface area contributed by atoms with Crippen molar-refractivity contribution in [3.63, 3.8) is 0 Å². The van der Waals surface area contributed by atoms with Crippen LogP contribution in [0.2, 0.25) is 0 Å².